The number of urea groups is 1. The van der Waals surface area contributed by atoms with Crippen molar-refractivity contribution in [1.82, 2.24) is 14.7 Å². The molecule has 4 rings (SSSR count). The van der Waals surface area contributed by atoms with Crippen LogP contribution >= 0.6 is 0 Å². The van der Waals surface area contributed by atoms with E-state index in [-0.39, 0.29) is 6.03 Å². The van der Waals surface area contributed by atoms with Gasteiger partial charge in [-0.2, -0.15) is 5.10 Å². The summed E-state index contributed by atoms with van der Waals surface area (Å²) in [6, 6.07) is 17.6. The van der Waals surface area contributed by atoms with Gasteiger partial charge in [-0.3, -0.25) is 9.58 Å². The molecule has 0 aliphatic carbocycles. The van der Waals surface area contributed by atoms with Crippen LogP contribution < -0.4 is 10.6 Å². The van der Waals surface area contributed by atoms with Crippen molar-refractivity contribution in [3.63, 3.8) is 0 Å². The molecule has 7 heteroatoms. The largest absolute Gasteiger partial charge is 0.379 e. The fraction of sp³-hybridized carbons (Fsp3) is 0.273. The number of carbonyl (C=O) groups is 1. The summed E-state index contributed by atoms with van der Waals surface area (Å²) < 4.78 is 7.21. The van der Waals surface area contributed by atoms with Crippen molar-refractivity contribution in [2.24, 2.45) is 0 Å². The summed E-state index contributed by atoms with van der Waals surface area (Å²) >= 11 is 0. The Bertz CT molecular complexity index is 918. The van der Waals surface area contributed by atoms with Crippen LogP contribution in [-0.2, 0) is 11.3 Å². The van der Waals surface area contributed by atoms with Gasteiger partial charge in [-0.25, -0.2) is 4.79 Å². The molecule has 0 atom stereocenters. The fourth-order valence-electron chi connectivity index (χ4n) is 3.29. The minimum Gasteiger partial charge on any atom is -0.379 e. The summed E-state index contributed by atoms with van der Waals surface area (Å²) in [5.41, 5.74) is 3.67. The van der Waals surface area contributed by atoms with E-state index < -0.39 is 0 Å². The maximum atomic E-state index is 12.3. The first-order chi connectivity index (χ1) is 14.3. The summed E-state index contributed by atoms with van der Waals surface area (Å²) in [7, 11) is 0. The van der Waals surface area contributed by atoms with Gasteiger partial charge in [-0.1, -0.05) is 42.5 Å². The molecule has 1 aliphatic heterocycles. The molecule has 3 aromatic rings. The Kier molecular flexibility index (Phi) is 6.19. The van der Waals surface area contributed by atoms with Crippen LogP contribution in [0.25, 0.3) is 11.1 Å². The number of nitrogens with one attached hydrogen (secondary N) is 2. The highest BCUT2D eigenvalue weighted by atomic mass is 16.5. The van der Waals surface area contributed by atoms with Crippen LogP contribution in [0.3, 0.4) is 0 Å². The van der Waals surface area contributed by atoms with E-state index in [1.807, 2.05) is 53.3 Å². The summed E-state index contributed by atoms with van der Waals surface area (Å²) in [4.78, 5) is 14.6. The first kappa shape index (κ1) is 19.2. The number of amides is 2. The number of ether oxygens (including phenoxy) is 1. The van der Waals surface area contributed by atoms with Gasteiger partial charge in [0.05, 0.1) is 31.6 Å². The van der Waals surface area contributed by atoms with Crippen molar-refractivity contribution in [2.75, 3.05) is 43.5 Å². The average Bonchev–Trinajstić information content (AvgIpc) is 3.21. The van der Waals surface area contributed by atoms with Crippen LogP contribution in [-0.4, -0.2) is 53.6 Å². The number of hydrogen-bond acceptors (Lipinski definition) is 4. The lowest BCUT2D eigenvalue weighted by Gasteiger charge is -2.26. The lowest BCUT2D eigenvalue weighted by atomic mass is 10.1. The molecule has 2 amide bonds. The molecule has 1 fully saturated rings. The number of nitrogens with zero attached hydrogens (tertiary/aromatic N) is 3. The summed E-state index contributed by atoms with van der Waals surface area (Å²) in [5, 5.41) is 10.0. The third kappa shape index (κ3) is 5.43. The number of aromatic nitrogens is 2. The number of benzene rings is 2. The molecule has 1 aromatic heterocycles. The molecule has 0 spiro atoms. The van der Waals surface area contributed by atoms with Crippen molar-refractivity contribution < 1.29 is 9.53 Å². The molecule has 2 heterocycles. The summed E-state index contributed by atoms with van der Waals surface area (Å²) in [5.74, 6) is 0. The highest BCUT2D eigenvalue weighted by molar-refractivity contribution is 5.99. The molecule has 0 saturated carbocycles. The van der Waals surface area contributed by atoms with Crippen LogP contribution in [0.2, 0.25) is 0 Å². The lowest BCUT2D eigenvalue weighted by molar-refractivity contribution is 0.0360. The molecule has 2 N–H and O–H groups in total. The second-order valence-corrected chi connectivity index (χ2v) is 6.97. The maximum absolute atomic E-state index is 12.3. The van der Waals surface area contributed by atoms with E-state index in [2.05, 4.69) is 32.8 Å². The molecule has 1 aliphatic rings. The Balaban J connectivity index is 1.27. The topological polar surface area (TPSA) is 71.4 Å². The number of hydrogen-bond donors (Lipinski definition) is 2. The number of morpholine rings is 1. The van der Waals surface area contributed by atoms with Crippen molar-refractivity contribution in [3.8, 4) is 11.1 Å². The highest BCUT2D eigenvalue weighted by Crippen LogP contribution is 2.21. The first-order valence-electron chi connectivity index (χ1n) is 9.82. The predicted octanol–water partition coefficient (Wildman–Crippen LogP) is 3.53. The van der Waals surface area contributed by atoms with Gasteiger partial charge in [0, 0.05) is 31.5 Å². The van der Waals surface area contributed by atoms with Crippen molar-refractivity contribution in [2.45, 2.75) is 6.54 Å². The standard InChI is InChI=1S/C22H25N5O2/c28-22(24-20-8-6-19(7-9-20)18-4-2-1-3-5-18)25-21-16-23-27(17-21)11-10-26-12-14-29-15-13-26/h1-9,16-17H,10-15H2,(H2,24,25,28). The summed E-state index contributed by atoms with van der Waals surface area (Å²) in [6.45, 7) is 5.20. The number of rotatable bonds is 6. The average molecular weight is 391 g/mol. The predicted molar refractivity (Wildman–Crippen MR) is 114 cm³/mol. The summed E-state index contributed by atoms with van der Waals surface area (Å²) in [6.07, 6.45) is 3.51. The zero-order valence-corrected chi connectivity index (χ0v) is 16.3. The zero-order chi connectivity index (χ0) is 19.9. The van der Waals surface area contributed by atoms with Crippen LogP contribution in [0.15, 0.2) is 67.0 Å². The van der Waals surface area contributed by atoms with E-state index in [4.69, 9.17) is 4.74 Å². The van der Waals surface area contributed by atoms with Crippen LogP contribution in [0.1, 0.15) is 0 Å². The van der Waals surface area contributed by atoms with E-state index >= 15 is 0 Å². The van der Waals surface area contributed by atoms with Crippen molar-refractivity contribution in [3.05, 3.63) is 67.0 Å². The molecule has 7 nitrogen and oxygen atoms in total. The maximum Gasteiger partial charge on any atom is 0.323 e. The van der Waals surface area contributed by atoms with Gasteiger partial charge in [0.2, 0.25) is 0 Å². The Hall–Kier alpha value is -3.16. The van der Waals surface area contributed by atoms with Gasteiger partial charge in [-0.05, 0) is 23.3 Å². The minimum absolute atomic E-state index is 0.287. The molecule has 0 bridgehead atoms. The van der Waals surface area contributed by atoms with E-state index in [1.165, 1.54) is 0 Å². The minimum atomic E-state index is -0.287. The first-order valence-corrected chi connectivity index (χ1v) is 9.82. The zero-order valence-electron chi connectivity index (χ0n) is 16.3. The van der Waals surface area contributed by atoms with Gasteiger partial charge >= 0.3 is 6.03 Å². The van der Waals surface area contributed by atoms with E-state index in [0.29, 0.717) is 5.69 Å². The van der Waals surface area contributed by atoms with Gasteiger partial charge < -0.3 is 15.4 Å². The second kappa shape index (κ2) is 9.36. The van der Waals surface area contributed by atoms with Crippen LogP contribution in [0, 0.1) is 0 Å². The Morgan fingerprint density at radius 2 is 1.59 bits per heavy atom. The number of carbonyl (C=O) groups excluding carboxylic acids is 1. The third-order valence-electron chi connectivity index (χ3n) is 4.89. The van der Waals surface area contributed by atoms with Crippen LogP contribution in [0.4, 0.5) is 16.2 Å². The van der Waals surface area contributed by atoms with Gasteiger partial charge in [0.15, 0.2) is 0 Å². The Morgan fingerprint density at radius 3 is 2.34 bits per heavy atom. The molecule has 2 aromatic carbocycles. The molecule has 29 heavy (non-hydrogen) atoms. The molecule has 1 saturated heterocycles. The quantitative estimate of drug-likeness (QED) is 0.674. The van der Waals surface area contributed by atoms with Crippen molar-refractivity contribution in [1.29, 1.82) is 0 Å². The van der Waals surface area contributed by atoms with E-state index in [0.717, 1.165) is 56.2 Å². The molecule has 150 valence electrons. The molecule has 0 unspecified atom stereocenters. The second-order valence-electron chi connectivity index (χ2n) is 6.97. The van der Waals surface area contributed by atoms with Gasteiger partial charge in [0.25, 0.3) is 0 Å². The van der Waals surface area contributed by atoms with Crippen molar-refractivity contribution >= 4 is 17.4 Å². The fourth-order valence-corrected chi connectivity index (χ4v) is 3.29. The van der Waals surface area contributed by atoms with Crippen LogP contribution in [0.5, 0.6) is 0 Å². The smallest absolute Gasteiger partial charge is 0.323 e. The Labute approximate surface area is 170 Å². The Morgan fingerprint density at radius 1 is 0.897 bits per heavy atom. The molecular formula is C22H25N5O2. The monoisotopic (exact) mass is 391 g/mol. The highest BCUT2D eigenvalue weighted by Gasteiger charge is 2.11. The van der Waals surface area contributed by atoms with E-state index in [1.54, 1.807) is 6.20 Å². The molecular weight excluding hydrogens is 366 g/mol. The SMILES string of the molecule is O=C(Nc1ccc(-c2ccccc2)cc1)Nc1cnn(CCN2CCOCC2)c1. The van der Waals surface area contributed by atoms with Gasteiger partial charge in [0.1, 0.15) is 0 Å². The third-order valence-corrected chi connectivity index (χ3v) is 4.89. The molecule has 0 radical (unpaired) electrons. The lowest BCUT2D eigenvalue weighted by Crippen LogP contribution is -2.38. The normalized spacial score (nSPS) is 14.5. The van der Waals surface area contributed by atoms with E-state index in [9.17, 15) is 4.79 Å². The van der Waals surface area contributed by atoms with Gasteiger partial charge in [-0.15, -0.1) is 0 Å². The number of anilines is 2.